The van der Waals surface area contributed by atoms with Gasteiger partial charge in [-0.15, -0.1) is 0 Å². The first-order valence-corrected chi connectivity index (χ1v) is 7.08. The highest BCUT2D eigenvalue weighted by Gasteiger charge is 2.41. The molecule has 1 aromatic carbocycles. The second-order valence-electron chi connectivity index (χ2n) is 5.31. The lowest BCUT2D eigenvalue weighted by molar-refractivity contribution is -0.140. The molecule has 106 valence electrons. The molecule has 2 aliphatic heterocycles. The van der Waals surface area contributed by atoms with Crippen LogP contribution in [-0.2, 0) is 16.1 Å². The predicted molar refractivity (Wildman–Crippen MR) is 74.8 cm³/mol. The van der Waals surface area contributed by atoms with Crippen molar-refractivity contribution in [3.63, 3.8) is 0 Å². The first-order chi connectivity index (χ1) is 9.75. The third-order valence-electron chi connectivity index (χ3n) is 4.00. The van der Waals surface area contributed by atoms with Gasteiger partial charge in [0.1, 0.15) is 0 Å². The lowest BCUT2D eigenvalue weighted by Crippen LogP contribution is -2.51. The molecule has 0 aromatic heterocycles. The minimum absolute atomic E-state index is 0.0410. The van der Waals surface area contributed by atoms with Crippen LogP contribution in [-0.4, -0.2) is 53.8 Å². The van der Waals surface area contributed by atoms with Gasteiger partial charge < -0.3 is 5.32 Å². The number of nitrogens with zero attached hydrogens (tertiary/aromatic N) is 2. The minimum atomic E-state index is -0.256. The van der Waals surface area contributed by atoms with Gasteiger partial charge in [0.25, 0.3) is 0 Å². The summed E-state index contributed by atoms with van der Waals surface area (Å²) in [6.45, 7) is 3.83. The molecule has 2 heterocycles. The highest BCUT2D eigenvalue weighted by atomic mass is 16.2. The first-order valence-electron chi connectivity index (χ1n) is 7.08. The zero-order valence-electron chi connectivity index (χ0n) is 11.4. The van der Waals surface area contributed by atoms with Crippen LogP contribution in [0, 0.1) is 0 Å². The molecule has 5 nitrogen and oxygen atoms in total. The Balaban J connectivity index is 1.70. The number of likely N-dealkylation sites (tertiary alicyclic amines) is 1. The maximum atomic E-state index is 12.5. The first kappa shape index (κ1) is 13.3. The van der Waals surface area contributed by atoms with E-state index in [9.17, 15) is 9.59 Å². The minimum Gasteiger partial charge on any atom is -0.314 e. The Morgan fingerprint density at radius 2 is 1.80 bits per heavy atom. The van der Waals surface area contributed by atoms with Crippen LogP contribution in [0.25, 0.3) is 0 Å². The Hall–Kier alpha value is -1.72. The van der Waals surface area contributed by atoms with Crippen molar-refractivity contribution in [2.75, 3.05) is 26.2 Å². The smallest absolute Gasteiger partial charge is 0.247 e. The number of piperazine rings is 1. The van der Waals surface area contributed by atoms with E-state index >= 15 is 0 Å². The van der Waals surface area contributed by atoms with Crippen molar-refractivity contribution in [3.8, 4) is 0 Å². The van der Waals surface area contributed by atoms with Crippen molar-refractivity contribution in [1.82, 2.24) is 15.1 Å². The quantitative estimate of drug-likeness (QED) is 0.801. The van der Waals surface area contributed by atoms with Crippen LogP contribution in [0.15, 0.2) is 30.3 Å². The van der Waals surface area contributed by atoms with Crippen molar-refractivity contribution in [3.05, 3.63) is 35.9 Å². The molecule has 0 bridgehead atoms. The number of carbonyl (C=O) groups is 2. The van der Waals surface area contributed by atoms with Gasteiger partial charge in [0, 0.05) is 26.2 Å². The lowest BCUT2D eigenvalue weighted by Gasteiger charge is -2.31. The summed E-state index contributed by atoms with van der Waals surface area (Å²) >= 11 is 0. The third-order valence-corrected chi connectivity index (χ3v) is 4.00. The molecule has 1 unspecified atom stereocenters. The molecule has 0 saturated carbocycles. The summed E-state index contributed by atoms with van der Waals surface area (Å²) in [6, 6.07) is 9.41. The molecule has 1 aromatic rings. The number of benzene rings is 1. The van der Waals surface area contributed by atoms with Gasteiger partial charge in [-0.1, -0.05) is 30.3 Å². The normalized spacial score (nSPS) is 24.4. The maximum Gasteiger partial charge on any atom is 0.247 e. The average Bonchev–Trinajstić information content (AvgIpc) is 2.77. The van der Waals surface area contributed by atoms with Gasteiger partial charge >= 0.3 is 0 Å². The summed E-state index contributed by atoms with van der Waals surface area (Å²) in [5.41, 5.74) is 0.996. The number of hydrogen-bond donors (Lipinski definition) is 1. The molecule has 0 spiro atoms. The second-order valence-corrected chi connectivity index (χ2v) is 5.31. The molecule has 1 N–H and O–H groups in total. The number of amides is 2. The van der Waals surface area contributed by atoms with Gasteiger partial charge in [-0.3, -0.25) is 19.4 Å². The maximum absolute atomic E-state index is 12.5. The van der Waals surface area contributed by atoms with E-state index in [1.165, 1.54) is 4.90 Å². The van der Waals surface area contributed by atoms with Crippen molar-refractivity contribution in [1.29, 1.82) is 0 Å². The molecule has 2 aliphatic rings. The van der Waals surface area contributed by atoms with Gasteiger partial charge in [-0.2, -0.15) is 0 Å². The second kappa shape index (κ2) is 5.73. The highest BCUT2D eigenvalue weighted by molar-refractivity contribution is 6.05. The fraction of sp³-hybridized carbons (Fsp3) is 0.467. The van der Waals surface area contributed by atoms with Crippen molar-refractivity contribution in [2.45, 2.75) is 19.0 Å². The summed E-state index contributed by atoms with van der Waals surface area (Å²) in [5.74, 6) is -0.0943. The van der Waals surface area contributed by atoms with Crippen LogP contribution in [0.2, 0.25) is 0 Å². The summed E-state index contributed by atoms with van der Waals surface area (Å²) < 4.78 is 0. The van der Waals surface area contributed by atoms with E-state index in [0.29, 0.717) is 13.0 Å². The standard InChI is InChI=1S/C15H19N3O2/c19-14-10-13(17-8-6-16-7-9-17)15(20)18(14)11-12-4-2-1-3-5-12/h1-5,13,16H,6-11H2. The fourth-order valence-electron chi connectivity index (χ4n) is 2.88. The van der Waals surface area contributed by atoms with Crippen LogP contribution in [0.3, 0.4) is 0 Å². The van der Waals surface area contributed by atoms with Gasteiger partial charge in [0.05, 0.1) is 19.0 Å². The summed E-state index contributed by atoms with van der Waals surface area (Å²) in [6.07, 6.45) is 0.325. The summed E-state index contributed by atoms with van der Waals surface area (Å²) in [5, 5.41) is 3.26. The van der Waals surface area contributed by atoms with Gasteiger partial charge in [0.15, 0.2) is 0 Å². The van der Waals surface area contributed by atoms with E-state index < -0.39 is 0 Å². The number of hydrogen-bond acceptors (Lipinski definition) is 4. The SMILES string of the molecule is O=C1CC(N2CCNCC2)C(=O)N1Cc1ccccc1. The number of imide groups is 1. The zero-order chi connectivity index (χ0) is 13.9. The number of nitrogens with one attached hydrogen (secondary N) is 1. The van der Waals surface area contributed by atoms with Crippen molar-refractivity contribution < 1.29 is 9.59 Å². The van der Waals surface area contributed by atoms with Crippen LogP contribution < -0.4 is 5.32 Å². The molecule has 1 atom stereocenters. The largest absolute Gasteiger partial charge is 0.314 e. The highest BCUT2D eigenvalue weighted by Crippen LogP contribution is 2.21. The summed E-state index contributed by atoms with van der Waals surface area (Å²) in [7, 11) is 0. The van der Waals surface area contributed by atoms with E-state index in [1.807, 2.05) is 30.3 Å². The Labute approximate surface area is 118 Å². The van der Waals surface area contributed by atoms with Crippen molar-refractivity contribution >= 4 is 11.8 Å². The predicted octanol–water partition coefficient (Wildman–Crippen LogP) is 0.219. The molecule has 2 amide bonds. The van der Waals surface area contributed by atoms with Crippen LogP contribution in [0.1, 0.15) is 12.0 Å². The number of rotatable bonds is 3. The van der Waals surface area contributed by atoms with Gasteiger partial charge in [-0.05, 0) is 5.56 Å². The number of carbonyl (C=O) groups excluding carboxylic acids is 2. The molecular formula is C15H19N3O2. The molecule has 2 fully saturated rings. The van der Waals surface area contributed by atoms with Crippen LogP contribution in [0.5, 0.6) is 0 Å². The van der Waals surface area contributed by atoms with Crippen molar-refractivity contribution in [2.24, 2.45) is 0 Å². The van der Waals surface area contributed by atoms with E-state index in [-0.39, 0.29) is 17.9 Å². The molecule has 0 radical (unpaired) electrons. The molecule has 5 heteroatoms. The Morgan fingerprint density at radius 3 is 2.50 bits per heavy atom. The Bertz CT molecular complexity index is 497. The molecular weight excluding hydrogens is 254 g/mol. The zero-order valence-corrected chi connectivity index (χ0v) is 11.4. The van der Waals surface area contributed by atoms with Crippen LogP contribution in [0.4, 0.5) is 0 Å². The lowest BCUT2D eigenvalue weighted by atomic mass is 10.2. The Morgan fingerprint density at radius 1 is 1.10 bits per heavy atom. The Kier molecular flexibility index (Phi) is 3.80. The van der Waals surface area contributed by atoms with E-state index in [2.05, 4.69) is 10.2 Å². The summed E-state index contributed by atoms with van der Waals surface area (Å²) in [4.78, 5) is 28.1. The van der Waals surface area contributed by atoms with E-state index in [0.717, 1.165) is 31.7 Å². The molecule has 3 rings (SSSR count). The third kappa shape index (κ3) is 2.59. The van der Waals surface area contributed by atoms with Gasteiger partial charge in [-0.25, -0.2) is 0 Å². The van der Waals surface area contributed by atoms with E-state index in [4.69, 9.17) is 0 Å². The van der Waals surface area contributed by atoms with Crippen LogP contribution >= 0.6 is 0 Å². The average molecular weight is 273 g/mol. The molecule has 20 heavy (non-hydrogen) atoms. The monoisotopic (exact) mass is 273 g/mol. The van der Waals surface area contributed by atoms with E-state index in [1.54, 1.807) is 0 Å². The van der Waals surface area contributed by atoms with Gasteiger partial charge in [0.2, 0.25) is 11.8 Å². The molecule has 2 saturated heterocycles. The molecule has 0 aliphatic carbocycles. The fourth-order valence-corrected chi connectivity index (χ4v) is 2.88. The topological polar surface area (TPSA) is 52.7 Å².